The number of nitrogens with zero attached hydrogens (tertiary/aromatic N) is 1. The Hall–Kier alpha value is -4.37. The Bertz CT molecular complexity index is 1670. The van der Waals surface area contributed by atoms with Crippen LogP contribution in [-0.2, 0) is 0 Å². The molecule has 0 unspecified atom stereocenters. The van der Waals surface area contributed by atoms with Gasteiger partial charge in [0.1, 0.15) is 11.6 Å². The average molecular weight is 510 g/mol. The van der Waals surface area contributed by atoms with Gasteiger partial charge in [0, 0.05) is 21.5 Å². The Balaban J connectivity index is 1.62. The van der Waals surface area contributed by atoms with Crippen molar-refractivity contribution in [3.05, 3.63) is 99.6 Å². The molecule has 0 saturated carbocycles. The van der Waals surface area contributed by atoms with Crippen LogP contribution in [0.15, 0.2) is 77.6 Å². The first-order chi connectivity index (χ1) is 17.2. The highest BCUT2D eigenvalue weighted by molar-refractivity contribution is 6.31. The number of aromatic nitrogens is 3. The summed E-state index contributed by atoms with van der Waals surface area (Å²) in [7, 11) is 0. The summed E-state index contributed by atoms with van der Waals surface area (Å²) in [5.41, 5.74) is 1.62. The number of carbonyl (C=O) groups excluding carboxylic acids is 1. The minimum absolute atomic E-state index is 0.193. The fraction of sp³-hybridized carbons (Fsp3) is 0.0385. The number of carbonyl (C=O) groups is 1. The third kappa shape index (κ3) is 4.73. The van der Waals surface area contributed by atoms with Crippen molar-refractivity contribution in [3.8, 4) is 16.9 Å². The Labute approximate surface area is 206 Å². The number of ketones is 1. The standard InChI is InChI=1S/C26H15ClF3N3O3/c27-15-7-10-18-17(13-15)23(14-5-8-16(9-6-14)36-26(28,29)30)24(25(35)33-18)21(34)11-12-22-31-19-3-1-2-4-20(19)32-22/h1-13H,(H,31,32)(H,33,35)/b12-11+. The summed E-state index contributed by atoms with van der Waals surface area (Å²) in [5.74, 6) is -0.639. The van der Waals surface area contributed by atoms with Crippen molar-refractivity contribution in [2.45, 2.75) is 6.36 Å². The molecule has 3 aromatic carbocycles. The van der Waals surface area contributed by atoms with E-state index in [0.29, 0.717) is 32.8 Å². The normalized spacial score (nSPS) is 12.0. The van der Waals surface area contributed by atoms with E-state index in [4.69, 9.17) is 11.6 Å². The summed E-state index contributed by atoms with van der Waals surface area (Å²) in [5, 5.41) is 0.802. The predicted molar refractivity (Wildman–Crippen MR) is 131 cm³/mol. The number of para-hydroxylation sites is 2. The quantitative estimate of drug-likeness (QED) is 0.208. The van der Waals surface area contributed by atoms with Crippen LogP contribution < -0.4 is 10.3 Å². The zero-order valence-corrected chi connectivity index (χ0v) is 18.9. The van der Waals surface area contributed by atoms with E-state index in [1.54, 1.807) is 18.2 Å². The topological polar surface area (TPSA) is 87.8 Å². The van der Waals surface area contributed by atoms with Crippen molar-refractivity contribution in [3.63, 3.8) is 0 Å². The van der Waals surface area contributed by atoms with Gasteiger partial charge in [0.25, 0.3) is 5.56 Å². The minimum Gasteiger partial charge on any atom is -0.406 e. The summed E-state index contributed by atoms with van der Waals surface area (Å²) in [6.07, 6.45) is -2.19. The first kappa shape index (κ1) is 23.4. The van der Waals surface area contributed by atoms with Gasteiger partial charge in [-0.25, -0.2) is 4.98 Å². The first-order valence-electron chi connectivity index (χ1n) is 10.6. The van der Waals surface area contributed by atoms with Crippen LogP contribution in [0, 0.1) is 0 Å². The molecule has 2 heterocycles. The van der Waals surface area contributed by atoms with Crippen molar-refractivity contribution >= 4 is 45.4 Å². The molecule has 0 fully saturated rings. The van der Waals surface area contributed by atoms with Crippen LogP contribution in [0.3, 0.4) is 0 Å². The summed E-state index contributed by atoms with van der Waals surface area (Å²) in [6.45, 7) is 0. The molecule has 0 spiro atoms. The number of fused-ring (bicyclic) bond motifs is 2. The van der Waals surface area contributed by atoms with Gasteiger partial charge in [-0.2, -0.15) is 0 Å². The summed E-state index contributed by atoms with van der Waals surface area (Å²) in [6, 6.07) is 17.0. The Kier molecular flexibility index (Phi) is 5.85. The number of alkyl halides is 3. The monoisotopic (exact) mass is 509 g/mol. The molecular weight excluding hydrogens is 495 g/mol. The van der Waals surface area contributed by atoms with Gasteiger partial charge >= 0.3 is 6.36 Å². The lowest BCUT2D eigenvalue weighted by Crippen LogP contribution is -2.19. The smallest absolute Gasteiger partial charge is 0.406 e. The molecule has 0 atom stereocenters. The van der Waals surface area contributed by atoms with E-state index in [2.05, 4.69) is 19.7 Å². The number of H-pyrrole nitrogens is 2. The molecule has 5 rings (SSSR count). The zero-order valence-electron chi connectivity index (χ0n) is 18.2. The van der Waals surface area contributed by atoms with Crippen LogP contribution in [0.4, 0.5) is 13.2 Å². The third-order valence-corrected chi connectivity index (χ3v) is 5.63. The number of benzene rings is 3. The van der Waals surface area contributed by atoms with Gasteiger partial charge in [-0.15, -0.1) is 13.2 Å². The number of ether oxygens (including phenoxy) is 1. The lowest BCUT2D eigenvalue weighted by Gasteiger charge is -2.13. The molecule has 0 saturated heterocycles. The van der Waals surface area contributed by atoms with E-state index in [9.17, 15) is 22.8 Å². The van der Waals surface area contributed by atoms with Gasteiger partial charge in [0.15, 0.2) is 5.78 Å². The van der Waals surface area contributed by atoms with Gasteiger partial charge in [-0.05, 0) is 60.2 Å². The number of imidazole rings is 1. The van der Waals surface area contributed by atoms with Crippen molar-refractivity contribution < 1.29 is 22.7 Å². The highest BCUT2D eigenvalue weighted by Gasteiger charge is 2.31. The Morgan fingerprint density at radius 3 is 2.44 bits per heavy atom. The minimum atomic E-state index is -4.85. The van der Waals surface area contributed by atoms with Crippen molar-refractivity contribution in [1.82, 2.24) is 15.0 Å². The lowest BCUT2D eigenvalue weighted by molar-refractivity contribution is -0.274. The Morgan fingerprint density at radius 1 is 0.972 bits per heavy atom. The molecule has 10 heteroatoms. The van der Waals surface area contributed by atoms with Gasteiger partial charge < -0.3 is 14.7 Å². The number of pyridine rings is 1. The number of allylic oxidation sites excluding steroid dienone is 1. The van der Waals surface area contributed by atoms with Gasteiger partial charge in [0.05, 0.1) is 16.6 Å². The van der Waals surface area contributed by atoms with Crippen LogP contribution >= 0.6 is 11.6 Å². The van der Waals surface area contributed by atoms with Crippen LogP contribution in [-0.4, -0.2) is 27.1 Å². The molecule has 2 aromatic heterocycles. The number of halogens is 4. The molecule has 0 aliphatic carbocycles. The van der Waals surface area contributed by atoms with Gasteiger partial charge in [-0.1, -0.05) is 35.9 Å². The SMILES string of the molecule is O=C(/C=C/c1nc2ccccc2[nH]1)c1c(-c2ccc(OC(F)(F)F)cc2)c2cc(Cl)ccc2[nH]c1=O. The molecular formula is C26H15ClF3N3O3. The molecule has 6 nitrogen and oxygen atoms in total. The molecule has 5 aromatic rings. The summed E-state index contributed by atoms with van der Waals surface area (Å²) < 4.78 is 41.7. The number of hydrogen-bond donors (Lipinski definition) is 2. The number of hydrogen-bond acceptors (Lipinski definition) is 4. The maximum atomic E-state index is 13.3. The van der Waals surface area contributed by atoms with Crippen molar-refractivity contribution in [1.29, 1.82) is 0 Å². The van der Waals surface area contributed by atoms with Crippen LogP contribution in [0.1, 0.15) is 16.2 Å². The van der Waals surface area contributed by atoms with Crippen LogP contribution in [0.25, 0.3) is 39.1 Å². The maximum Gasteiger partial charge on any atom is 0.573 e. The number of rotatable bonds is 5. The van der Waals surface area contributed by atoms with E-state index < -0.39 is 23.5 Å². The van der Waals surface area contributed by atoms with Gasteiger partial charge in [0.2, 0.25) is 0 Å². The fourth-order valence-electron chi connectivity index (χ4n) is 3.91. The zero-order chi connectivity index (χ0) is 25.4. The second-order valence-corrected chi connectivity index (χ2v) is 8.24. The molecule has 36 heavy (non-hydrogen) atoms. The molecule has 0 amide bonds. The maximum absolute atomic E-state index is 13.3. The van der Waals surface area contributed by atoms with Crippen molar-refractivity contribution in [2.24, 2.45) is 0 Å². The third-order valence-electron chi connectivity index (χ3n) is 5.40. The summed E-state index contributed by atoms with van der Waals surface area (Å²) in [4.78, 5) is 36.4. The molecule has 0 radical (unpaired) electrons. The second kappa shape index (κ2) is 9.01. The number of nitrogens with one attached hydrogen (secondary N) is 2. The molecule has 0 aliphatic heterocycles. The fourth-order valence-corrected chi connectivity index (χ4v) is 4.09. The molecule has 2 N–H and O–H groups in total. The first-order valence-corrected chi connectivity index (χ1v) is 10.9. The van der Waals surface area contributed by atoms with E-state index in [1.165, 1.54) is 24.3 Å². The highest BCUT2D eigenvalue weighted by Crippen LogP contribution is 2.33. The predicted octanol–water partition coefficient (Wildman–Crippen LogP) is 6.52. The molecule has 180 valence electrons. The summed E-state index contributed by atoms with van der Waals surface area (Å²) >= 11 is 6.18. The van der Waals surface area contributed by atoms with E-state index in [-0.39, 0.29) is 11.1 Å². The second-order valence-electron chi connectivity index (χ2n) is 7.80. The highest BCUT2D eigenvalue weighted by atomic mass is 35.5. The van der Waals surface area contributed by atoms with Crippen LogP contribution in [0.5, 0.6) is 5.75 Å². The average Bonchev–Trinajstić information content (AvgIpc) is 3.25. The Morgan fingerprint density at radius 2 is 1.72 bits per heavy atom. The lowest BCUT2D eigenvalue weighted by atomic mass is 9.94. The number of aromatic amines is 2. The van der Waals surface area contributed by atoms with Crippen LogP contribution in [0.2, 0.25) is 5.02 Å². The molecule has 0 aliphatic rings. The largest absolute Gasteiger partial charge is 0.573 e. The van der Waals surface area contributed by atoms with E-state index >= 15 is 0 Å². The van der Waals surface area contributed by atoms with E-state index in [1.807, 2.05) is 24.3 Å². The van der Waals surface area contributed by atoms with E-state index in [0.717, 1.165) is 17.6 Å². The van der Waals surface area contributed by atoms with Gasteiger partial charge in [-0.3, -0.25) is 9.59 Å². The van der Waals surface area contributed by atoms with Crippen molar-refractivity contribution in [2.75, 3.05) is 0 Å². The molecule has 0 bridgehead atoms.